The first kappa shape index (κ1) is 14.0. The van der Waals surface area contributed by atoms with Gasteiger partial charge in [-0.3, -0.25) is 0 Å². The molecule has 0 amide bonds. The molecule has 8 heteroatoms. The summed E-state index contributed by atoms with van der Waals surface area (Å²) in [6.07, 6.45) is 1.24. The lowest BCUT2D eigenvalue weighted by atomic mass is 10.4. The number of hydrogen-bond acceptors (Lipinski definition) is 4. The third kappa shape index (κ3) is 2.76. The lowest BCUT2D eigenvalue weighted by Crippen LogP contribution is -2.13. The number of esters is 1. The molecule has 0 spiro atoms. The molecule has 2 aromatic rings. The molecule has 0 unspecified atom stereocenters. The molecule has 0 atom stereocenters. The van der Waals surface area contributed by atoms with Gasteiger partial charge in [-0.15, -0.1) is 0 Å². The number of nitrogens with zero attached hydrogens (tertiary/aromatic N) is 3. The van der Waals surface area contributed by atoms with Crippen LogP contribution in [0.15, 0.2) is 22.9 Å². The number of pyridine rings is 1. The number of carbonyl (C=O) groups excluding carboxylic acids is 1. The molecule has 5 nitrogen and oxygen atoms in total. The maximum atomic E-state index is 13.4. The Bertz CT molecular complexity index is 632. The van der Waals surface area contributed by atoms with Crippen LogP contribution in [0.1, 0.15) is 17.4 Å². The molecule has 0 aliphatic heterocycles. The number of rotatable bonds is 3. The molecule has 19 heavy (non-hydrogen) atoms. The maximum absolute atomic E-state index is 13.4. The summed E-state index contributed by atoms with van der Waals surface area (Å²) in [4.78, 5) is 15.7. The standard InChI is InChI=1S/C11H8BrClFN3O2/c1-2-19-11(18)7-5-8(12)16-17(7)10-9(13)6(14)3-4-15-10/h3-5H,2H2,1H3. The van der Waals surface area contributed by atoms with Gasteiger partial charge < -0.3 is 4.74 Å². The minimum Gasteiger partial charge on any atom is -0.461 e. The van der Waals surface area contributed by atoms with Crippen LogP contribution < -0.4 is 0 Å². The van der Waals surface area contributed by atoms with Crippen molar-refractivity contribution in [2.45, 2.75) is 6.92 Å². The molecule has 0 aliphatic rings. The highest BCUT2D eigenvalue weighted by atomic mass is 79.9. The first-order valence-electron chi connectivity index (χ1n) is 5.27. The molecule has 0 aromatic carbocycles. The summed E-state index contributed by atoms with van der Waals surface area (Å²) in [5.41, 5.74) is 0.105. The van der Waals surface area contributed by atoms with Crippen LogP contribution in [-0.4, -0.2) is 27.3 Å². The summed E-state index contributed by atoms with van der Waals surface area (Å²) in [5.74, 6) is -1.22. The van der Waals surface area contributed by atoms with E-state index in [4.69, 9.17) is 16.3 Å². The van der Waals surface area contributed by atoms with Gasteiger partial charge in [-0.2, -0.15) is 5.10 Å². The number of halogens is 3. The zero-order valence-corrected chi connectivity index (χ0v) is 12.1. The van der Waals surface area contributed by atoms with E-state index in [2.05, 4.69) is 26.0 Å². The Kier molecular flexibility index (Phi) is 4.16. The van der Waals surface area contributed by atoms with Gasteiger partial charge in [0.2, 0.25) is 0 Å². The highest BCUT2D eigenvalue weighted by molar-refractivity contribution is 9.10. The van der Waals surface area contributed by atoms with Crippen molar-refractivity contribution < 1.29 is 13.9 Å². The van der Waals surface area contributed by atoms with Crippen LogP contribution >= 0.6 is 27.5 Å². The van der Waals surface area contributed by atoms with Crippen LogP contribution in [-0.2, 0) is 4.74 Å². The molecular formula is C11H8BrClFN3O2. The fourth-order valence-corrected chi connectivity index (χ4v) is 1.99. The molecule has 2 heterocycles. The van der Waals surface area contributed by atoms with Crippen molar-refractivity contribution in [3.8, 4) is 5.82 Å². The minimum absolute atomic E-state index is 0.0235. The average Bonchev–Trinajstić information content (AvgIpc) is 2.75. The van der Waals surface area contributed by atoms with E-state index in [-0.39, 0.29) is 23.1 Å². The Hall–Kier alpha value is -1.47. The summed E-state index contributed by atoms with van der Waals surface area (Å²) in [5, 5.41) is 3.79. The molecule has 100 valence electrons. The Labute approximate surface area is 121 Å². The second-order valence-electron chi connectivity index (χ2n) is 3.41. The van der Waals surface area contributed by atoms with Gasteiger partial charge >= 0.3 is 5.97 Å². The van der Waals surface area contributed by atoms with E-state index >= 15 is 0 Å². The van der Waals surface area contributed by atoms with Crippen LogP contribution in [0, 0.1) is 5.82 Å². The Balaban J connectivity index is 2.56. The molecule has 0 saturated carbocycles. The number of aromatic nitrogens is 3. The van der Waals surface area contributed by atoms with Crippen LogP contribution in [0.2, 0.25) is 5.02 Å². The zero-order chi connectivity index (χ0) is 14.0. The Morgan fingerprint density at radius 2 is 2.37 bits per heavy atom. The fourth-order valence-electron chi connectivity index (χ4n) is 1.42. The molecule has 0 radical (unpaired) electrons. The zero-order valence-electron chi connectivity index (χ0n) is 9.73. The molecule has 2 rings (SSSR count). The van der Waals surface area contributed by atoms with E-state index < -0.39 is 11.8 Å². The van der Waals surface area contributed by atoms with Crippen molar-refractivity contribution in [2.75, 3.05) is 6.61 Å². The Morgan fingerprint density at radius 1 is 1.63 bits per heavy atom. The normalized spacial score (nSPS) is 10.5. The van der Waals surface area contributed by atoms with Crippen molar-refractivity contribution in [1.29, 1.82) is 0 Å². The topological polar surface area (TPSA) is 57.0 Å². The molecule has 0 bridgehead atoms. The van der Waals surface area contributed by atoms with E-state index in [1.54, 1.807) is 6.92 Å². The molecule has 2 aromatic heterocycles. The van der Waals surface area contributed by atoms with Crippen LogP contribution in [0.5, 0.6) is 0 Å². The second kappa shape index (κ2) is 5.66. The third-order valence-corrected chi connectivity index (χ3v) is 2.93. The van der Waals surface area contributed by atoms with Crippen LogP contribution in [0.3, 0.4) is 0 Å². The first-order chi connectivity index (χ1) is 9.04. The SMILES string of the molecule is CCOC(=O)c1cc(Br)nn1-c1nccc(F)c1Cl. The predicted octanol–water partition coefficient (Wildman–Crippen LogP) is 3.00. The predicted molar refractivity (Wildman–Crippen MR) is 70.0 cm³/mol. The van der Waals surface area contributed by atoms with Gasteiger partial charge in [0.25, 0.3) is 0 Å². The highest BCUT2D eigenvalue weighted by Gasteiger charge is 2.20. The van der Waals surface area contributed by atoms with Gasteiger partial charge in [0.15, 0.2) is 11.5 Å². The highest BCUT2D eigenvalue weighted by Crippen LogP contribution is 2.24. The summed E-state index contributed by atoms with van der Waals surface area (Å²) in [6, 6.07) is 2.56. The van der Waals surface area contributed by atoms with Crippen LogP contribution in [0.4, 0.5) is 4.39 Å². The summed E-state index contributed by atoms with van der Waals surface area (Å²) in [7, 11) is 0. The van der Waals surface area contributed by atoms with Gasteiger partial charge in [0.05, 0.1) is 6.61 Å². The van der Waals surface area contributed by atoms with Gasteiger partial charge in [-0.25, -0.2) is 18.9 Å². The quantitative estimate of drug-likeness (QED) is 0.800. The van der Waals surface area contributed by atoms with E-state index in [0.29, 0.717) is 4.60 Å². The van der Waals surface area contributed by atoms with E-state index in [1.165, 1.54) is 12.3 Å². The molecule has 0 N–H and O–H groups in total. The van der Waals surface area contributed by atoms with E-state index in [1.807, 2.05) is 0 Å². The van der Waals surface area contributed by atoms with Crippen molar-refractivity contribution in [3.63, 3.8) is 0 Å². The van der Waals surface area contributed by atoms with Crippen molar-refractivity contribution in [2.24, 2.45) is 0 Å². The first-order valence-corrected chi connectivity index (χ1v) is 6.44. The monoisotopic (exact) mass is 347 g/mol. The minimum atomic E-state index is -0.645. The average molecular weight is 349 g/mol. The smallest absolute Gasteiger partial charge is 0.357 e. The lowest BCUT2D eigenvalue weighted by molar-refractivity contribution is 0.0515. The summed E-state index contributed by atoms with van der Waals surface area (Å²) in [6.45, 7) is 1.90. The van der Waals surface area contributed by atoms with Crippen LogP contribution in [0.25, 0.3) is 5.82 Å². The van der Waals surface area contributed by atoms with E-state index in [9.17, 15) is 9.18 Å². The van der Waals surface area contributed by atoms with Crippen molar-refractivity contribution in [3.05, 3.63) is 39.5 Å². The molecule has 0 fully saturated rings. The number of ether oxygens (including phenoxy) is 1. The fraction of sp³-hybridized carbons (Fsp3) is 0.182. The lowest BCUT2D eigenvalue weighted by Gasteiger charge is -2.07. The van der Waals surface area contributed by atoms with E-state index in [0.717, 1.165) is 10.7 Å². The van der Waals surface area contributed by atoms with Gasteiger partial charge in [-0.05, 0) is 28.9 Å². The summed E-state index contributed by atoms with van der Waals surface area (Å²) >= 11 is 8.96. The van der Waals surface area contributed by atoms with Gasteiger partial charge in [-0.1, -0.05) is 11.6 Å². The molecular weight excluding hydrogens is 340 g/mol. The molecule has 0 aliphatic carbocycles. The summed E-state index contributed by atoms with van der Waals surface area (Å²) < 4.78 is 19.8. The number of carbonyl (C=O) groups is 1. The van der Waals surface area contributed by atoms with Crippen molar-refractivity contribution >= 4 is 33.5 Å². The van der Waals surface area contributed by atoms with Gasteiger partial charge in [0.1, 0.15) is 15.4 Å². The van der Waals surface area contributed by atoms with Gasteiger partial charge in [0, 0.05) is 12.3 Å². The third-order valence-electron chi connectivity index (χ3n) is 2.19. The van der Waals surface area contributed by atoms with Crippen molar-refractivity contribution in [1.82, 2.24) is 14.8 Å². The Morgan fingerprint density at radius 3 is 3.05 bits per heavy atom. The number of hydrogen-bond donors (Lipinski definition) is 0. The largest absolute Gasteiger partial charge is 0.461 e. The second-order valence-corrected chi connectivity index (χ2v) is 4.61. The molecule has 0 saturated heterocycles. The maximum Gasteiger partial charge on any atom is 0.357 e.